The van der Waals surface area contributed by atoms with Gasteiger partial charge in [-0.1, -0.05) is 12.1 Å². The Morgan fingerprint density at radius 1 is 1.06 bits per heavy atom. The number of ketones is 1. The number of nitrogens with one attached hydrogen (secondary N) is 1. The van der Waals surface area contributed by atoms with Crippen LogP contribution in [0.1, 0.15) is 26.4 Å². The van der Waals surface area contributed by atoms with Crippen molar-refractivity contribution in [3.63, 3.8) is 0 Å². The zero-order chi connectivity index (χ0) is 26.8. The van der Waals surface area contributed by atoms with E-state index in [0.717, 1.165) is 22.5 Å². The van der Waals surface area contributed by atoms with Gasteiger partial charge < -0.3 is 11.1 Å². The van der Waals surface area contributed by atoms with E-state index >= 15 is 0 Å². The first-order valence-electron chi connectivity index (χ1n) is 10.2. The summed E-state index contributed by atoms with van der Waals surface area (Å²) in [6, 6.07) is 9.71. The highest BCUT2D eigenvalue weighted by atomic mass is 32.2. The molecule has 3 rings (SSSR count). The minimum atomic E-state index is -4.93. The van der Waals surface area contributed by atoms with E-state index in [1.165, 1.54) is 44.4 Å². The molecule has 0 saturated carbocycles. The van der Waals surface area contributed by atoms with Gasteiger partial charge >= 0.3 is 6.18 Å². The molecule has 0 fully saturated rings. The summed E-state index contributed by atoms with van der Waals surface area (Å²) in [6.07, 6.45) is -4.93. The molecule has 36 heavy (non-hydrogen) atoms. The topological polar surface area (TPSA) is 122 Å². The summed E-state index contributed by atoms with van der Waals surface area (Å²) in [4.78, 5) is 28.4. The van der Waals surface area contributed by atoms with Gasteiger partial charge in [-0.25, -0.2) is 22.1 Å². The van der Waals surface area contributed by atoms with E-state index in [9.17, 15) is 35.6 Å². The number of nitrogens with zero attached hydrogens (tertiary/aromatic N) is 2. The Bertz CT molecular complexity index is 1420. The number of benzene rings is 2. The van der Waals surface area contributed by atoms with Gasteiger partial charge in [0.2, 0.25) is 10.0 Å². The van der Waals surface area contributed by atoms with Crippen LogP contribution in [-0.2, 0) is 16.2 Å². The highest BCUT2D eigenvalue weighted by Crippen LogP contribution is 2.38. The number of carbonyl (C=O) groups excluding carboxylic acids is 2. The number of halogens is 4. The van der Waals surface area contributed by atoms with Gasteiger partial charge in [0.05, 0.1) is 28.4 Å². The van der Waals surface area contributed by atoms with Gasteiger partial charge in [-0.2, -0.15) is 13.2 Å². The second kappa shape index (κ2) is 10.0. The first kappa shape index (κ1) is 26.8. The van der Waals surface area contributed by atoms with Crippen molar-refractivity contribution in [3.05, 3.63) is 77.2 Å². The van der Waals surface area contributed by atoms with Crippen molar-refractivity contribution in [2.45, 2.75) is 11.1 Å². The summed E-state index contributed by atoms with van der Waals surface area (Å²) in [5, 5.41) is 2.23. The molecule has 1 aromatic heterocycles. The second-order valence-corrected chi connectivity index (χ2v) is 9.90. The van der Waals surface area contributed by atoms with Crippen LogP contribution in [0.4, 0.5) is 23.2 Å². The summed E-state index contributed by atoms with van der Waals surface area (Å²) in [6.45, 7) is -0.557. The summed E-state index contributed by atoms with van der Waals surface area (Å²) in [5.41, 5.74) is 2.37. The molecule has 190 valence electrons. The van der Waals surface area contributed by atoms with Crippen LogP contribution in [0, 0.1) is 5.82 Å². The van der Waals surface area contributed by atoms with Crippen molar-refractivity contribution in [1.29, 1.82) is 0 Å². The molecule has 1 heterocycles. The second-order valence-electron chi connectivity index (χ2n) is 7.75. The molecule has 0 bridgehead atoms. The highest BCUT2D eigenvalue weighted by Gasteiger charge is 2.36. The van der Waals surface area contributed by atoms with E-state index in [1.807, 2.05) is 0 Å². The Balaban J connectivity index is 2.01. The number of anilines is 1. The van der Waals surface area contributed by atoms with Crippen LogP contribution in [0.25, 0.3) is 11.3 Å². The van der Waals surface area contributed by atoms with Crippen molar-refractivity contribution < 1.29 is 35.6 Å². The minimum absolute atomic E-state index is 0.102. The molecule has 3 aromatic rings. The fourth-order valence-corrected chi connectivity index (χ4v) is 4.09. The molecule has 0 atom stereocenters. The van der Waals surface area contributed by atoms with Crippen LogP contribution < -0.4 is 11.1 Å². The van der Waals surface area contributed by atoms with E-state index in [1.54, 1.807) is 0 Å². The van der Waals surface area contributed by atoms with Crippen LogP contribution in [0.15, 0.2) is 59.5 Å². The molecule has 0 aliphatic heterocycles. The summed E-state index contributed by atoms with van der Waals surface area (Å²) in [7, 11) is -1.45. The maximum Gasteiger partial charge on any atom is 0.418 e. The molecule has 0 spiro atoms. The van der Waals surface area contributed by atoms with Crippen LogP contribution in [0.5, 0.6) is 0 Å². The molecule has 0 aliphatic rings. The zero-order valence-electron chi connectivity index (χ0n) is 18.9. The Morgan fingerprint density at radius 2 is 1.69 bits per heavy atom. The molecule has 0 radical (unpaired) electrons. The molecule has 2 aromatic carbocycles. The SMILES string of the molecule is CN(C)S(=O)(=O)c1cccc(-c2nc(C(=O)NCC(=O)c3ccc(F)cc3)c(N)cc2C(F)(F)F)c1. The predicted molar refractivity (Wildman–Crippen MR) is 123 cm³/mol. The average molecular weight is 524 g/mol. The normalized spacial score (nSPS) is 12.0. The number of hydrogen-bond acceptors (Lipinski definition) is 6. The van der Waals surface area contributed by atoms with Crippen molar-refractivity contribution in [2.24, 2.45) is 0 Å². The molecule has 1 amide bonds. The van der Waals surface area contributed by atoms with Crippen LogP contribution >= 0.6 is 0 Å². The third-order valence-corrected chi connectivity index (χ3v) is 6.85. The van der Waals surface area contributed by atoms with E-state index in [-0.39, 0.29) is 16.0 Å². The lowest BCUT2D eigenvalue weighted by Crippen LogP contribution is -2.31. The van der Waals surface area contributed by atoms with Crippen LogP contribution in [0.2, 0.25) is 0 Å². The lowest BCUT2D eigenvalue weighted by molar-refractivity contribution is -0.137. The van der Waals surface area contributed by atoms with Crippen molar-refractivity contribution in [2.75, 3.05) is 26.4 Å². The van der Waals surface area contributed by atoms with Gasteiger partial charge in [0.25, 0.3) is 5.91 Å². The van der Waals surface area contributed by atoms with Crippen molar-refractivity contribution in [3.8, 4) is 11.3 Å². The molecule has 8 nitrogen and oxygen atoms in total. The van der Waals surface area contributed by atoms with Gasteiger partial charge in [0, 0.05) is 25.2 Å². The van der Waals surface area contributed by atoms with Crippen LogP contribution in [-0.4, -0.2) is 50.0 Å². The van der Waals surface area contributed by atoms with E-state index in [4.69, 9.17) is 5.73 Å². The number of nitrogens with two attached hydrogens (primary N) is 1. The summed E-state index contributed by atoms with van der Waals surface area (Å²) < 4.78 is 80.2. The quantitative estimate of drug-likeness (QED) is 0.361. The highest BCUT2D eigenvalue weighted by molar-refractivity contribution is 7.89. The standard InChI is InChI=1S/C23H20F4N4O4S/c1-31(2)36(34,35)16-5-3-4-14(10-16)20-17(23(25,26)27)11-18(28)21(30-20)22(33)29-12-19(32)13-6-8-15(24)9-7-13/h3-11H,12,28H2,1-2H3,(H,29,33). The number of pyridine rings is 1. The van der Waals surface area contributed by atoms with Crippen molar-refractivity contribution >= 4 is 27.4 Å². The molecular formula is C23H20F4N4O4S. The molecule has 3 N–H and O–H groups in total. The maximum atomic E-state index is 13.8. The third kappa shape index (κ3) is 5.69. The largest absolute Gasteiger partial charge is 0.418 e. The third-order valence-electron chi connectivity index (χ3n) is 5.03. The predicted octanol–water partition coefficient (Wildman–Crippen LogP) is 3.35. The zero-order valence-corrected chi connectivity index (χ0v) is 19.7. The minimum Gasteiger partial charge on any atom is -0.397 e. The smallest absolute Gasteiger partial charge is 0.397 e. The molecular weight excluding hydrogens is 504 g/mol. The fourth-order valence-electron chi connectivity index (χ4n) is 3.14. The van der Waals surface area contributed by atoms with E-state index < -0.39 is 62.9 Å². The number of hydrogen-bond donors (Lipinski definition) is 2. The van der Waals surface area contributed by atoms with Gasteiger partial charge in [0.15, 0.2) is 11.5 Å². The lowest BCUT2D eigenvalue weighted by atomic mass is 10.0. The summed E-state index contributed by atoms with van der Waals surface area (Å²) >= 11 is 0. The molecule has 0 saturated heterocycles. The molecule has 0 unspecified atom stereocenters. The van der Waals surface area contributed by atoms with Gasteiger partial charge in [-0.15, -0.1) is 0 Å². The first-order chi connectivity index (χ1) is 16.7. The Labute approximate surface area is 203 Å². The number of aromatic nitrogens is 1. The monoisotopic (exact) mass is 524 g/mol. The molecule has 0 aliphatic carbocycles. The van der Waals surface area contributed by atoms with Gasteiger partial charge in [0.1, 0.15) is 5.82 Å². The number of carbonyl (C=O) groups is 2. The van der Waals surface area contributed by atoms with Gasteiger partial charge in [-0.05, 0) is 42.5 Å². The lowest BCUT2D eigenvalue weighted by Gasteiger charge is -2.17. The number of rotatable bonds is 7. The average Bonchev–Trinajstić information content (AvgIpc) is 2.82. The maximum absolute atomic E-state index is 13.8. The number of alkyl halides is 3. The van der Waals surface area contributed by atoms with E-state index in [0.29, 0.717) is 6.07 Å². The Kier molecular flexibility index (Phi) is 7.46. The number of amides is 1. The summed E-state index contributed by atoms with van der Waals surface area (Å²) in [5.74, 6) is -2.18. The van der Waals surface area contributed by atoms with Crippen LogP contribution in [0.3, 0.4) is 0 Å². The van der Waals surface area contributed by atoms with E-state index in [2.05, 4.69) is 10.3 Å². The Morgan fingerprint density at radius 3 is 2.28 bits per heavy atom. The van der Waals surface area contributed by atoms with Gasteiger partial charge in [-0.3, -0.25) is 9.59 Å². The molecule has 13 heteroatoms. The van der Waals surface area contributed by atoms with Crippen molar-refractivity contribution in [1.82, 2.24) is 14.6 Å². The number of nitrogen functional groups attached to an aromatic ring is 1. The first-order valence-corrected chi connectivity index (χ1v) is 11.6. The number of Topliss-reactive ketones (excluding diaryl/α,β-unsaturated/α-hetero) is 1. The Hall–Kier alpha value is -3.84. The number of sulfonamides is 1. The fraction of sp³-hybridized carbons (Fsp3) is 0.174.